The topological polar surface area (TPSA) is 47.9 Å². The van der Waals surface area contributed by atoms with Gasteiger partial charge in [0, 0.05) is 34.2 Å². The van der Waals surface area contributed by atoms with Crippen molar-refractivity contribution in [2.75, 3.05) is 34.2 Å². The number of guanidine groups is 1. The van der Waals surface area contributed by atoms with Gasteiger partial charge in [-0.1, -0.05) is 42.5 Å². The molecule has 0 aliphatic carbocycles. The Morgan fingerprint density at radius 3 is 2.30 bits per heavy atom. The molecule has 1 amide bonds. The molecule has 0 saturated carbocycles. The third kappa shape index (κ3) is 7.09. The summed E-state index contributed by atoms with van der Waals surface area (Å²) in [4.78, 5) is 19.8. The smallest absolute Gasteiger partial charge is 0.243 e. The van der Waals surface area contributed by atoms with E-state index >= 15 is 0 Å². The van der Waals surface area contributed by atoms with Gasteiger partial charge in [-0.2, -0.15) is 0 Å². The Morgan fingerprint density at radius 1 is 1.00 bits per heavy atom. The molecule has 5 nitrogen and oxygen atoms in total. The largest absolute Gasteiger partial charge is 0.356 e. The van der Waals surface area contributed by atoms with Crippen LogP contribution in [0.5, 0.6) is 0 Å². The highest BCUT2D eigenvalue weighted by Crippen LogP contribution is 2.06. The Morgan fingerprint density at radius 2 is 1.67 bits per heavy atom. The van der Waals surface area contributed by atoms with Gasteiger partial charge >= 0.3 is 0 Å². The molecule has 0 bridgehead atoms. The summed E-state index contributed by atoms with van der Waals surface area (Å²) in [7, 11) is 5.32. The summed E-state index contributed by atoms with van der Waals surface area (Å²) in [6.45, 7) is 1.34. The van der Waals surface area contributed by atoms with Crippen molar-refractivity contribution in [3.63, 3.8) is 0 Å². The molecule has 0 aliphatic heterocycles. The van der Waals surface area contributed by atoms with E-state index < -0.39 is 0 Å². The van der Waals surface area contributed by atoms with E-state index in [1.54, 1.807) is 26.2 Å². The molecule has 0 saturated heterocycles. The number of aliphatic imine (C=N–C) groups is 1. The molecular weight excluding hydrogens is 343 g/mol. The number of halogens is 1. The monoisotopic (exact) mass is 370 g/mol. The molecule has 27 heavy (non-hydrogen) atoms. The van der Waals surface area contributed by atoms with Crippen molar-refractivity contribution in [2.24, 2.45) is 4.99 Å². The first-order chi connectivity index (χ1) is 13.0. The number of likely N-dealkylation sites (N-methyl/N-ethyl adjacent to an activating group) is 1. The predicted octanol–water partition coefficient (Wildman–Crippen LogP) is 2.53. The Hall–Kier alpha value is -2.89. The van der Waals surface area contributed by atoms with Crippen LogP contribution in [0.15, 0.2) is 59.6 Å². The number of nitrogens with one attached hydrogen (secondary N) is 1. The van der Waals surface area contributed by atoms with Crippen LogP contribution >= 0.6 is 0 Å². The Bertz CT molecular complexity index is 745. The molecule has 0 aliphatic rings. The standard InChI is InChI=1S/C21H27FN4O/c1-25(2)20(27)15-24-21(23-14-13-17-7-5-4-6-8-17)26(3)16-18-9-11-19(22)12-10-18/h4-12H,13-16H2,1-3H3,(H,23,24). The SMILES string of the molecule is CN(C)C(=O)CN=C(NCCc1ccccc1)N(C)Cc1ccc(F)cc1. The fourth-order valence-electron chi connectivity index (χ4n) is 2.50. The number of amides is 1. The summed E-state index contributed by atoms with van der Waals surface area (Å²) < 4.78 is 13.1. The van der Waals surface area contributed by atoms with Gasteiger partial charge in [0.05, 0.1) is 0 Å². The van der Waals surface area contributed by atoms with E-state index in [-0.39, 0.29) is 18.3 Å². The van der Waals surface area contributed by atoms with Crippen molar-refractivity contribution in [1.29, 1.82) is 0 Å². The molecule has 0 spiro atoms. The first kappa shape index (κ1) is 20.4. The second-order valence-corrected chi connectivity index (χ2v) is 6.57. The molecule has 0 aromatic heterocycles. The Kier molecular flexibility index (Phi) is 7.79. The minimum atomic E-state index is -0.257. The van der Waals surface area contributed by atoms with Crippen LogP contribution in [0.2, 0.25) is 0 Å². The highest BCUT2D eigenvalue weighted by Gasteiger charge is 2.10. The number of rotatable bonds is 7. The fourth-order valence-corrected chi connectivity index (χ4v) is 2.50. The average Bonchev–Trinajstić information content (AvgIpc) is 2.66. The van der Waals surface area contributed by atoms with Crippen molar-refractivity contribution in [1.82, 2.24) is 15.1 Å². The van der Waals surface area contributed by atoms with Crippen molar-refractivity contribution < 1.29 is 9.18 Å². The molecule has 0 radical (unpaired) electrons. The van der Waals surface area contributed by atoms with Crippen molar-refractivity contribution >= 4 is 11.9 Å². The molecule has 2 aromatic rings. The molecule has 0 heterocycles. The molecule has 2 aromatic carbocycles. The molecule has 2 rings (SSSR count). The van der Waals surface area contributed by atoms with Gasteiger partial charge in [0.25, 0.3) is 0 Å². The van der Waals surface area contributed by atoms with Crippen molar-refractivity contribution in [3.8, 4) is 0 Å². The second kappa shape index (κ2) is 10.3. The van der Waals surface area contributed by atoms with Crippen LogP contribution in [-0.4, -0.2) is 55.9 Å². The van der Waals surface area contributed by atoms with Crippen LogP contribution in [0.1, 0.15) is 11.1 Å². The number of hydrogen-bond donors (Lipinski definition) is 1. The van der Waals surface area contributed by atoms with Gasteiger partial charge in [0.1, 0.15) is 12.4 Å². The van der Waals surface area contributed by atoms with Crippen LogP contribution in [0.25, 0.3) is 0 Å². The molecule has 0 fully saturated rings. The van der Waals surface area contributed by atoms with Crippen LogP contribution in [-0.2, 0) is 17.8 Å². The third-order valence-corrected chi connectivity index (χ3v) is 4.10. The first-order valence-electron chi connectivity index (χ1n) is 8.93. The zero-order chi connectivity index (χ0) is 19.6. The average molecular weight is 370 g/mol. The summed E-state index contributed by atoms with van der Waals surface area (Å²) in [5.41, 5.74) is 2.20. The Balaban J connectivity index is 2.01. The van der Waals surface area contributed by atoms with E-state index in [9.17, 15) is 9.18 Å². The molecule has 1 N–H and O–H groups in total. The van der Waals surface area contributed by atoms with Gasteiger partial charge in [-0.25, -0.2) is 9.38 Å². The summed E-state index contributed by atoms with van der Waals surface area (Å²) in [5, 5.41) is 3.33. The van der Waals surface area contributed by atoms with E-state index in [1.165, 1.54) is 22.6 Å². The molecule has 0 unspecified atom stereocenters. The minimum absolute atomic E-state index is 0.0625. The van der Waals surface area contributed by atoms with Gasteiger partial charge in [-0.3, -0.25) is 4.79 Å². The van der Waals surface area contributed by atoms with E-state index in [0.717, 1.165) is 12.0 Å². The lowest BCUT2D eigenvalue weighted by molar-refractivity contribution is -0.127. The molecule has 0 atom stereocenters. The van der Waals surface area contributed by atoms with E-state index in [0.29, 0.717) is 19.0 Å². The number of carbonyl (C=O) groups excluding carboxylic acids is 1. The first-order valence-corrected chi connectivity index (χ1v) is 8.93. The van der Waals surface area contributed by atoms with Gasteiger partial charge in [-0.05, 0) is 29.7 Å². The van der Waals surface area contributed by atoms with Crippen LogP contribution in [0, 0.1) is 5.82 Å². The lowest BCUT2D eigenvalue weighted by Gasteiger charge is -2.23. The van der Waals surface area contributed by atoms with Crippen LogP contribution < -0.4 is 5.32 Å². The minimum Gasteiger partial charge on any atom is -0.356 e. The maximum absolute atomic E-state index is 13.1. The quantitative estimate of drug-likeness (QED) is 0.602. The highest BCUT2D eigenvalue weighted by atomic mass is 19.1. The highest BCUT2D eigenvalue weighted by molar-refractivity contribution is 5.84. The normalized spacial score (nSPS) is 11.2. The third-order valence-electron chi connectivity index (χ3n) is 4.10. The van der Waals surface area contributed by atoms with E-state index in [1.807, 2.05) is 30.1 Å². The van der Waals surface area contributed by atoms with E-state index in [4.69, 9.17) is 0 Å². The fraction of sp³-hybridized carbons (Fsp3) is 0.333. The number of nitrogens with zero attached hydrogens (tertiary/aromatic N) is 3. The van der Waals surface area contributed by atoms with Crippen LogP contribution in [0.4, 0.5) is 4.39 Å². The second-order valence-electron chi connectivity index (χ2n) is 6.57. The summed E-state index contributed by atoms with van der Waals surface area (Å²) in [5.74, 6) is 0.325. The lowest BCUT2D eigenvalue weighted by atomic mass is 10.1. The maximum atomic E-state index is 13.1. The zero-order valence-electron chi connectivity index (χ0n) is 16.2. The van der Waals surface area contributed by atoms with Crippen molar-refractivity contribution in [2.45, 2.75) is 13.0 Å². The summed E-state index contributed by atoms with van der Waals surface area (Å²) in [6.07, 6.45) is 0.853. The lowest BCUT2D eigenvalue weighted by Crippen LogP contribution is -2.40. The summed E-state index contributed by atoms with van der Waals surface area (Å²) in [6, 6.07) is 16.6. The van der Waals surface area contributed by atoms with Crippen LogP contribution in [0.3, 0.4) is 0 Å². The summed E-state index contributed by atoms with van der Waals surface area (Å²) >= 11 is 0. The predicted molar refractivity (Wildman–Crippen MR) is 107 cm³/mol. The van der Waals surface area contributed by atoms with E-state index in [2.05, 4.69) is 22.4 Å². The number of carbonyl (C=O) groups is 1. The molecule has 6 heteroatoms. The number of benzene rings is 2. The van der Waals surface area contributed by atoms with Gasteiger partial charge in [-0.15, -0.1) is 0 Å². The Labute approximate surface area is 160 Å². The molecular formula is C21H27FN4O. The van der Waals surface area contributed by atoms with Gasteiger partial charge in [0.2, 0.25) is 5.91 Å². The van der Waals surface area contributed by atoms with Gasteiger partial charge in [0.15, 0.2) is 5.96 Å². The molecule has 144 valence electrons. The zero-order valence-corrected chi connectivity index (χ0v) is 16.2. The van der Waals surface area contributed by atoms with Gasteiger partial charge < -0.3 is 15.1 Å². The maximum Gasteiger partial charge on any atom is 0.243 e. The van der Waals surface area contributed by atoms with Crippen molar-refractivity contribution in [3.05, 3.63) is 71.5 Å². The number of hydrogen-bond acceptors (Lipinski definition) is 2.